The zero-order valence-electron chi connectivity index (χ0n) is 21.3. The minimum Gasteiger partial charge on any atom is -0.504 e. The number of aromatic hydroxyl groups is 1. The highest BCUT2D eigenvalue weighted by atomic mass is 16.3. The average Bonchev–Trinajstić information content (AvgIpc) is 2.70. The molecule has 0 saturated carbocycles. The maximum Gasteiger partial charge on any atom is 0.162 e. The Morgan fingerprint density at radius 2 is 1.39 bits per heavy atom. The van der Waals surface area contributed by atoms with Crippen LogP contribution in [-0.4, -0.2) is 5.11 Å². The zero-order valence-corrected chi connectivity index (χ0v) is 21.3. The van der Waals surface area contributed by atoms with Gasteiger partial charge in [-0.3, -0.25) is 0 Å². The van der Waals surface area contributed by atoms with Crippen LogP contribution in [0, 0.1) is 30.1 Å². The van der Waals surface area contributed by atoms with Crippen molar-refractivity contribution in [3.8, 4) is 5.75 Å². The van der Waals surface area contributed by atoms with Crippen LogP contribution in [0.3, 0.4) is 0 Å². The molecule has 3 unspecified atom stereocenters. The SMILES string of the molecule is Cc1c(N)c(O)c(N)c2c1CC(C)(CCCC(C)CCCC(C)CCCC(C)C)CC2. The van der Waals surface area contributed by atoms with Crippen molar-refractivity contribution in [1.29, 1.82) is 0 Å². The summed E-state index contributed by atoms with van der Waals surface area (Å²) in [4.78, 5) is 0. The average molecular weight is 431 g/mol. The molecule has 3 atom stereocenters. The number of hydrogen-bond donors (Lipinski definition) is 3. The Morgan fingerprint density at radius 1 is 0.839 bits per heavy atom. The molecule has 0 bridgehead atoms. The van der Waals surface area contributed by atoms with Crippen LogP contribution in [0.2, 0.25) is 0 Å². The molecule has 0 heterocycles. The van der Waals surface area contributed by atoms with E-state index in [0.29, 0.717) is 16.8 Å². The second-order valence-corrected chi connectivity index (χ2v) is 11.6. The summed E-state index contributed by atoms with van der Waals surface area (Å²) in [5, 5.41) is 10.2. The van der Waals surface area contributed by atoms with Crippen molar-refractivity contribution in [2.75, 3.05) is 11.5 Å². The van der Waals surface area contributed by atoms with Gasteiger partial charge in [-0.1, -0.05) is 86.0 Å². The molecule has 0 aromatic heterocycles. The van der Waals surface area contributed by atoms with E-state index in [4.69, 9.17) is 11.5 Å². The Bertz CT molecular complexity index is 712. The topological polar surface area (TPSA) is 72.3 Å². The van der Waals surface area contributed by atoms with Crippen LogP contribution in [-0.2, 0) is 12.8 Å². The van der Waals surface area contributed by atoms with Gasteiger partial charge in [0.25, 0.3) is 0 Å². The van der Waals surface area contributed by atoms with E-state index in [1.807, 2.05) is 6.92 Å². The summed E-state index contributed by atoms with van der Waals surface area (Å²) in [6.45, 7) is 14.0. The van der Waals surface area contributed by atoms with Gasteiger partial charge in [0.1, 0.15) is 0 Å². The standard InChI is InChI=1S/C28H50N2O/c1-19(2)10-7-11-20(3)12-8-13-21(4)14-9-16-28(6)17-15-23-24(18-28)22(5)25(29)27(31)26(23)30/h19-21,31H,7-18,29-30H2,1-6H3. The maximum absolute atomic E-state index is 10.2. The molecule has 0 aliphatic heterocycles. The van der Waals surface area contributed by atoms with Crippen molar-refractivity contribution >= 4 is 11.4 Å². The molecule has 31 heavy (non-hydrogen) atoms. The summed E-state index contributed by atoms with van der Waals surface area (Å²) in [5.74, 6) is 2.64. The van der Waals surface area contributed by atoms with E-state index in [1.54, 1.807) is 0 Å². The first-order valence-corrected chi connectivity index (χ1v) is 12.9. The highest BCUT2D eigenvalue weighted by Gasteiger charge is 2.33. The van der Waals surface area contributed by atoms with Crippen molar-refractivity contribution in [1.82, 2.24) is 0 Å². The van der Waals surface area contributed by atoms with Gasteiger partial charge in [0.05, 0.1) is 11.4 Å². The van der Waals surface area contributed by atoms with Crippen LogP contribution in [0.5, 0.6) is 5.75 Å². The van der Waals surface area contributed by atoms with Crippen LogP contribution in [0.4, 0.5) is 11.4 Å². The number of fused-ring (bicyclic) bond motifs is 1. The fraction of sp³-hybridized carbons (Fsp3) is 0.786. The molecule has 0 saturated heterocycles. The van der Waals surface area contributed by atoms with E-state index in [-0.39, 0.29) is 5.75 Å². The summed E-state index contributed by atoms with van der Waals surface area (Å²) in [5.41, 5.74) is 17.0. The third-order valence-electron chi connectivity index (χ3n) is 7.99. The molecule has 178 valence electrons. The van der Waals surface area contributed by atoms with Crippen LogP contribution in [0.1, 0.15) is 116 Å². The first-order valence-electron chi connectivity index (χ1n) is 12.9. The molecule has 3 heteroatoms. The van der Waals surface area contributed by atoms with Crippen LogP contribution >= 0.6 is 0 Å². The van der Waals surface area contributed by atoms with E-state index in [0.717, 1.165) is 48.1 Å². The maximum atomic E-state index is 10.2. The third kappa shape index (κ3) is 7.32. The Morgan fingerprint density at radius 3 is 1.97 bits per heavy atom. The lowest BCUT2D eigenvalue weighted by Crippen LogP contribution is -2.27. The fourth-order valence-corrected chi connectivity index (χ4v) is 5.55. The molecule has 1 aliphatic carbocycles. The third-order valence-corrected chi connectivity index (χ3v) is 7.99. The van der Waals surface area contributed by atoms with E-state index in [9.17, 15) is 5.11 Å². The second kappa shape index (κ2) is 11.5. The molecule has 1 aliphatic rings. The van der Waals surface area contributed by atoms with Crippen LogP contribution in [0.15, 0.2) is 0 Å². The van der Waals surface area contributed by atoms with Gasteiger partial charge >= 0.3 is 0 Å². The Balaban J connectivity index is 1.74. The Hall–Kier alpha value is -1.38. The molecule has 5 N–H and O–H groups in total. The van der Waals surface area contributed by atoms with Gasteiger partial charge in [0, 0.05) is 0 Å². The van der Waals surface area contributed by atoms with E-state index >= 15 is 0 Å². The number of phenolic OH excluding ortho intramolecular Hbond substituents is 1. The summed E-state index contributed by atoms with van der Waals surface area (Å²) >= 11 is 0. The molecular weight excluding hydrogens is 380 g/mol. The normalized spacial score (nSPS) is 20.6. The number of anilines is 2. The van der Waals surface area contributed by atoms with Gasteiger partial charge in [0.15, 0.2) is 5.75 Å². The molecule has 0 fully saturated rings. The highest BCUT2D eigenvalue weighted by molar-refractivity contribution is 5.76. The number of nitrogens with two attached hydrogens (primary N) is 2. The second-order valence-electron chi connectivity index (χ2n) is 11.6. The largest absolute Gasteiger partial charge is 0.504 e. The van der Waals surface area contributed by atoms with Gasteiger partial charge in [-0.25, -0.2) is 0 Å². The summed E-state index contributed by atoms with van der Waals surface area (Å²) in [6, 6.07) is 0. The lowest BCUT2D eigenvalue weighted by Gasteiger charge is -2.37. The molecule has 1 aromatic carbocycles. The lowest BCUT2D eigenvalue weighted by atomic mass is 9.68. The summed E-state index contributed by atoms with van der Waals surface area (Å²) in [7, 11) is 0. The first-order chi connectivity index (χ1) is 14.5. The number of phenols is 1. The van der Waals surface area contributed by atoms with E-state index in [1.165, 1.54) is 63.4 Å². The predicted octanol–water partition coefficient (Wildman–Crippen LogP) is 7.80. The molecular formula is C28H50N2O. The van der Waals surface area contributed by atoms with Crippen LogP contribution < -0.4 is 11.5 Å². The molecule has 2 rings (SSSR count). The number of benzene rings is 1. The highest BCUT2D eigenvalue weighted by Crippen LogP contribution is 2.47. The van der Waals surface area contributed by atoms with Crippen LogP contribution in [0.25, 0.3) is 0 Å². The molecule has 0 radical (unpaired) electrons. The molecule has 0 spiro atoms. The minimum absolute atomic E-state index is 0.0860. The van der Waals surface area contributed by atoms with Crippen molar-refractivity contribution in [2.45, 2.75) is 119 Å². The number of rotatable bonds is 12. The van der Waals surface area contributed by atoms with Crippen molar-refractivity contribution in [2.24, 2.45) is 23.2 Å². The summed E-state index contributed by atoms with van der Waals surface area (Å²) < 4.78 is 0. The predicted molar refractivity (Wildman–Crippen MR) is 137 cm³/mol. The molecule has 3 nitrogen and oxygen atoms in total. The van der Waals surface area contributed by atoms with E-state index < -0.39 is 0 Å². The van der Waals surface area contributed by atoms with Gasteiger partial charge in [-0.2, -0.15) is 0 Å². The zero-order chi connectivity index (χ0) is 23.2. The smallest absolute Gasteiger partial charge is 0.162 e. The van der Waals surface area contributed by atoms with E-state index in [2.05, 4.69) is 34.6 Å². The number of nitrogen functional groups attached to an aromatic ring is 2. The quantitative estimate of drug-likeness (QED) is 0.234. The summed E-state index contributed by atoms with van der Waals surface area (Å²) in [6.07, 6.45) is 15.4. The van der Waals surface area contributed by atoms with Gasteiger partial charge in [-0.05, 0) is 72.5 Å². The number of hydrogen-bond acceptors (Lipinski definition) is 3. The minimum atomic E-state index is 0.0860. The van der Waals surface area contributed by atoms with Gasteiger partial charge in [0.2, 0.25) is 0 Å². The molecule has 0 amide bonds. The van der Waals surface area contributed by atoms with Gasteiger partial charge < -0.3 is 16.6 Å². The fourth-order valence-electron chi connectivity index (χ4n) is 5.55. The lowest BCUT2D eigenvalue weighted by molar-refractivity contribution is 0.239. The van der Waals surface area contributed by atoms with Crippen molar-refractivity contribution in [3.63, 3.8) is 0 Å². The van der Waals surface area contributed by atoms with Gasteiger partial charge in [-0.15, -0.1) is 0 Å². The molecule has 1 aromatic rings. The Kier molecular flexibility index (Phi) is 9.58. The monoisotopic (exact) mass is 430 g/mol. The van der Waals surface area contributed by atoms with Crippen molar-refractivity contribution < 1.29 is 5.11 Å². The van der Waals surface area contributed by atoms with Crippen molar-refractivity contribution in [3.05, 3.63) is 16.7 Å². The Labute approximate surface area is 192 Å². The first kappa shape index (κ1) is 25.9.